The van der Waals surface area contributed by atoms with Crippen LogP contribution >= 0.6 is 0 Å². The maximum atomic E-state index is 11.3. The van der Waals surface area contributed by atoms with Gasteiger partial charge in [-0.05, 0) is 33.7 Å². The monoisotopic (exact) mass is 272 g/mol. The summed E-state index contributed by atoms with van der Waals surface area (Å²) in [5.41, 5.74) is -0.489. The average Bonchev–Trinajstić information content (AvgIpc) is 2.28. The van der Waals surface area contributed by atoms with E-state index >= 15 is 0 Å². The molecule has 0 saturated carbocycles. The summed E-state index contributed by atoms with van der Waals surface area (Å²) in [7, 11) is 0. The lowest BCUT2D eigenvalue weighted by Crippen LogP contribution is -2.34. The van der Waals surface area contributed by atoms with Gasteiger partial charge in [0.1, 0.15) is 12.2 Å². The molecule has 0 radical (unpaired) electrons. The number of carbonyl (C=O) groups excluding carboxylic acids is 2. The number of hydrogen-bond donors (Lipinski definition) is 2. The molecule has 0 aliphatic rings. The number of rotatable bonds is 8. The Morgan fingerprint density at radius 2 is 1.95 bits per heavy atom. The Hall–Kier alpha value is -1.56. The summed E-state index contributed by atoms with van der Waals surface area (Å²) >= 11 is 0. The molecule has 6 heteroatoms. The van der Waals surface area contributed by atoms with Crippen molar-refractivity contribution in [1.29, 1.82) is 0 Å². The van der Waals surface area contributed by atoms with Crippen LogP contribution in [0.3, 0.4) is 0 Å². The molecule has 0 fully saturated rings. The zero-order chi connectivity index (χ0) is 14.7. The molecule has 0 rings (SSSR count). The molecule has 0 aliphatic carbocycles. The van der Waals surface area contributed by atoms with Crippen molar-refractivity contribution in [2.24, 2.45) is 0 Å². The van der Waals surface area contributed by atoms with Crippen LogP contribution in [0.5, 0.6) is 0 Å². The van der Waals surface area contributed by atoms with Gasteiger partial charge in [-0.3, -0.25) is 4.79 Å². The molecule has 6 nitrogen and oxygen atoms in total. The topological polar surface area (TPSA) is 76.7 Å². The third-order valence-corrected chi connectivity index (χ3v) is 1.83. The molecule has 0 aromatic rings. The highest BCUT2D eigenvalue weighted by Gasteiger charge is 2.15. The van der Waals surface area contributed by atoms with Crippen molar-refractivity contribution in [3.63, 3.8) is 0 Å². The van der Waals surface area contributed by atoms with Gasteiger partial charge in [-0.2, -0.15) is 0 Å². The molecule has 0 saturated heterocycles. The molecule has 1 amide bonds. The quantitative estimate of drug-likeness (QED) is 0.395. The maximum Gasteiger partial charge on any atom is 0.407 e. The molecule has 0 aromatic carbocycles. The molecule has 0 unspecified atom stereocenters. The fraction of sp³-hybridized carbons (Fsp3) is 0.692. The van der Waals surface area contributed by atoms with Crippen LogP contribution in [0.25, 0.3) is 0 Å². The van der Waals surface area contributed by atoms with Crippen LogP contribution in [0.2, 0.25) is 0 Å². The van der Waals surface area contributed by atoms with Crippen LogP contribution in [0.1, 0.15) is 27.2 Å². The van der Waals surface area contributed by atoms with Crippen molar-refractivity contribution in [1.82, 2.24) is 10.6 Å². The Bertz CT molecular complexity index is 298. The summed E-state index contributed by atoms with van der Waals surface area (Å²) in [6.45, 7) is 10.3. The minimum absolute atomic E-state index is 0.153. The van der Waals surface area contributed by atoms with Crippen LogP contribution < -0.4 is 10.6 Å². The van der Waals surface area contributed by atoms with Crippen molar-refractivity contribution < 1.29 is 19.1 Å². The minimum Gasteiger partial charge on any atom is -0.461 e. The number of carbonyl (C=O) groups is 2. The molecule has 110 valence electrons. The van der Waals surface area contributed by atoms with Crippen molar-refractivity contribution >= 4 is 12.1 Å². The van der Waals surface area contributed by atoms with E-state index < -0.39 is 11.7 Å². The van der Waals surface area contributed by atoms with Gasteiger partial charge < -0.3 is 20.1 Å². The number of nitrogens with one attached hydrogen (secondary N) is 2. The largest absolute Gasteiger partial charge is 0.461 e. The first kappa shape index (κ1) is 17.4. The van der Waals surface area contributed by atoms with E-state index in [1.54, 1.807) is 0 Å². The van der Waals surface area contributed by atoms with Gasteiger partial charge in [0, 0.05) is 6.54 Å². The van der Waals surface area contributed by atoms with Crippen LogP contribution in [0, 0.1) is 0 Å². The van der Waals surface area contributed by atoms with Crippen LogP contribution in [0.15, 0.2) is 12.7 Å². The van der Waals surface area contributed by atoms with Gasteiger partial charge in [0.15, 0.2) is 0 Å². The van der Waals surface area contributed by atoms with E-state index in [1.807, 2.05) is 20.8 Å². The number of esters is 1. The van der Waals surface area contributed by atoms with E-state index in [0.717, 1.165) is 0 Å². The predicted molar refractivity (Wildman–Crippen MR) is 72.9 cm³/mol. The Morgan fingerprint density at radius 3 is 2.53 bits per heavy atom. The zero-order valence-corrected chi connectivity index (χ0v) is 12.0. The minimum atomic E-state index is -0.489. The highest BCUT2D eigenvalue weighted by Crippen LogP contribution is 2.06. The number of alkyl carbamates (subject to hydrolysis) is 1. The van der Waals surface area contributed by atoms with Crippen LogP contribution in [-0.2, 0) is 14.3 Å². The maximum absolute atomic E-state index is 11.3. The summed E-state index contributed by atoms with van der Waals surface area (Å²) in [5, 5.41) is 5.55. The molecular weight excluding hydrogens is 248 g/mol. The second kappa shape index (κ2) is 9.38. The second-order valence-corrected chi connectivity index (χ2v) is 4.93. The lowest BCUT2D eigenvalue weighted by atomic mass is 10.2. The van der Waals surface area contributed by atoms with Crippen molar-refractivity contribution in [3.8, 4) is 0 Å². The lowest BCUT2D eigenvalue weighted by Gasteiger charge is -2.19. The normalized spacial score (nSPS) is 10.7. The summed E-state index contributed by atoms with van der Waals surface area (Å²) < 4.78 is 9.85. The molecule has 0 aromatic heterocycles. The van der Waals surface area contributed by atoms with Gasteiger partial charge >= 0.3 is 12.1 Å². The average molecular weight is 272 g/mol. The fourth-order valence-corrected chi connectivity index (χ4v) is 1.11. The van der Waals surface area contributed by atoms with E-state index in [1.165, 1.54) is 6.08 Å². The van der Waals surface area contributed by atoms with Gasteiger partial charge in [0.25, 0.3) is 0 Å². The van der Waals surface area contributed by atoms with Gasteiger partial charge in [0.05, 0.1) is 6.54 Å². The first-order valence-electron chi connectivity index (χ1n) is 6.29. The first-order chi connectivity index (χ1) is 8.85. The highest BCUT2D eigenvalue weighted by atomic mass is 16.6. The molecule has 0 bridgehead atoms. The lowest BCUT2D eigenvalue weighted by molar-refractivity contribution is -0.141. The van der Waals surface area contributed by atoms with E-state index in [9.17, 15) is 9.59 Å². The van der Waals surface area contributed by atoms with Gasteiger partial charge in [-0.1, -0.05) is 12.7 Å². The van der Waals surface area contributed by atoms with Gasteiger partial charge in [-0.25, -0.2) is 4.79 Å². The molecule has 0 spiro atoms. The SMILES string of the molecule is C=CCOC(=O)CNCCCNC(=O)OC(C)(C)C. The standard InChI is InChI=1S/C13H24N2O4/c1-5-9-18-11(16)10-14-7-6-8-15-12(17)19-13(2,3)4/h5,14H,1,6-10H2,2-4H3,(H,15,17). The number of amides is 1. The van der Waals surface area contributed by atoms with Crippen molar-refractivity contribution in [2.75, 3.05) is 26.2 Å². The summed E-state index contributed by atoms with van der Waals surface area (Å²) in [6.07, 6.45) is 1.79. The van der Waals surface area contributed by atoms with E-state index in [2.05, 4.69) is 17.2 Å². The van der Waals surface area contributed by atoms with Crippen molar-refractivity contribution in [3.05, 3.63) is 12.7 Å². The second-order valence-electron chi connectivity index (χ2n) is 4.93. The molecule has 0 heterocycles. The van der Waals surface area contributed by atoms with Gasteiger partial charge in [0.2, 0.25) is 0 Å². The smallest absolute Gasteiger partial charge is 0.407 e. The first-order valence-corrected chi connectivity index (χ1v) is 6.29. The summed E-state index contributed by atoms with van der Waals surface area (Å²) in [6, 6.07) is 0. The predicted octanol–water partition coefficient (Wildman–Crippen LogP) is 1.22. The Kier molecular flexibility index (Phi) is 8.61. The van der Waals surface area contributed by atoms with Gasteiger partial charge in [-0.15, -0.1) is 0 Å². The molecule has 0 aliphatic heterocycles. The number of ether oxygens (including phenoxy) is 2. The third-order valence-electron chi connectivity index (χ3n) is 1.83. The molecule has 19 heavy (non-hydrogen) atoms. The highest BCUT2D eigenvalue weighted by molar-refractivity contribution is 5.71. The van der Waals surface area contributed by atoms with Crippen LogP contribution in [0.4, 0.5) is 4.79 Å². The van der Waals surface area contributed by atoms with Crippen LogP contribution in [-0.4, -0.2) is 43.9 Å². The molecule has 2 N–H and O–H groups in total. The molecule has 0 atom stereocenters. The molecular formula is C13H24N2O4. The summed E-state index contributed by atoms with van der Waals surface area (Å²) in [5.74, 6) is -0.319. The van der Waals surface area contributed by atoms with E-state index in [0.29, 0.717) is 19.5 Å². The fourth-order valence-electron chi connectivity index (χ4n) is 1.11. The summed E-state index contributed by atoms with van der Waals surface area (Å²) in [4.78, 5) is 22.4. The Labute approximate surface area is 114 Å². The zero-order valence-electron chi connectivity index (χ0n) is 12.0. The van der Waals surface area contributed by atoms with E-state index in [-0.39, 0.29) is 19.1 Å². The Morgan fingerprint density at radius 1 is 1.26 bits per heavy atom. The van der Waals surface area contributed by atoms with E-state index in [4.69, 9.17) is 9.47 Å². The van der Waals surface area contributed by atoms with Crippen molar-refractivity contribution in [2.45, 2.75) is 32.8 Å². The number of hydrogen-bond acceptors (Lipinski definition) is 5. The third kappa shape index (κ3) is 12.7. The Balaban J connectivity index is 3.43.